The number of halogens is 4. The Labute approximate surface area is 191 Å². The summed E-state index contributed by atoms with van der Waals surface area (Å²) in [6, 6.07) is 5.75. The lowest BCUT2D eigenvalue weighted by atomic mass is 9.84. The summed E-state index contributed by atoms with van der Waals surface area (Å²) < 4.78 is 87.0. The van der Waals surface area contributed by atoms with Crippen LogP contribution >= 0.6 is 0 Å². The quantitative estimate of drug-likeness (QED) is 0.360. The van der Waals surface area contributed by atoms with Crippen molar-refractivity contribution in [2.24, 2.45) is 22.7 Å². The molecule has 1 aromatic rings. The molecule has 4 aliphatic rings. The maximum absolute atomic E-state index is 14.6. The molecule has 8 nitrogen and oxygen atoms in total. The van der Waals surface area contributed by atoms with Crippen LogP contribution in [-0.2, 0) is 23.9 Å². The van der Waals surface area contributed by atoms with E-state index in [1.165, 1.54) is 18.2 Å². The maximum atomic E-state index is 14.6. The van der Waals surface area contributed by atoms with Crippen molar-refractivity contribution < 1.29 is 39.8 Å². The number of carbonyl (C=O) groups excluding carboxylic acids is 2. The Hall–Kier alpha value is -2.83. The van der Waals surface area contributed by atoms with E-state index in [-0.39, 0.29) is 34.7 Å². The lowest BCUT2D eigenvalue weighted by molar-refractivity contribution is -0.202. The molecular weight excluding hydrogens is 482 g/mol. The van der Waals surface area contributed by atoms with Crippen LogP contribution in [0, 0.1) is 23.2 Å². The van der Waals surface area contributed by atoms with Crippen LogP contribution in [0.2, 0.25) is 0 Å². The Morgan fingerprint density at radius 3 is 2.21 bits per heavy atom. The first-order chi connectivity index (χ1) is 15.8. The molecule has 3 atom stereocenters. The number of nitrogens with one attached hydrogen (secondary N) is 2. The van der Waals surface area contributed by atoms with Crippen molar-refractivity contribution in [3.05, 3.63) is 34.8 Å². The number of hydrogen-bond acceptors (Lipinski definition) is 6. The average Bonchev–Trinajstić information content (AvgIpc) is 3.54. The van der Waals surface area contributed by atoms with Crippen LogP contribution in [0.1, 0.15) is 38.5 Å². The zero-order chi connectivity index (χ0) is 24.9. The summed E-state index contributed by atoms with van der Waals surface area (Å²) in [5, 5.41) is 4.50. The molecule has 2 saturated carbocycles. The highest BCUT2D eigenvalue weighted by atomic mass is 32.2. The standard InChI is InChI=1S/C17H16F4N2O3S.C4H5NO2/c18-16(19,12-8-9-5-6-10(12)7-9)17(20,21)27(24,25)26-14-11-3-1-2-4-13(11)23-15(14)22;6-3-1-2-4(7)5-3/h1-4,9-10,12,22H,5-8H2;1-2H2,(H,5,6,7). The smallest absolute Gasteiger partial charge is 0.373 e. The van der Waals surface area contributed by atoms with E-state index in [1.54, 1.807) is 6.07 Å². The van der Waals surface area contributed by atoms with Gasteiger partial charge in [-0.15, -0.1) is 0 Å². The van der Waals surface area contributed by atoms with Crippen LogP contribution in [0.4, 0.5) is 17.6 Å². The third-order valence-corrected chi connectivity index (χ3v) is 7.84. The van der Waals surface area contributed by atoms with E-state index in [0.717, 1.165) is 0 Å². The van der Waals surface area contributed by atoms with Crippen LogP contribution in [0.25, 0.3) is 5.76 Å². The molecule has 2 bridgehead atoms. The van der Waals surface area contributed by atoms with Gasteiger partial charge in [0, 0.05) is 24.0 Å². The molecular formula is C21H21F4N3O5S. The van der Waals surface area contributed by atoms with E-state index < -0.39 is 44.7 Å². The summed E-state index contributed by atoms with van der Waals surface area (Å²) in [6.45, 7) is 0. The van der Waals surface area contributed by atoms with E-state index in [4.69, 9.17) is 5.41 Å². The lowest BCUT2D eigenvalue weighted by Crippen LogP contribution is -2.53. The number of para-hydroxylation sites is 1. The fourth-order valence-electron chi connectivity index (χ4n) is 4.89. The van der Waals surface area contributed by atoms with Crippen molar-refractivity contribution in [1.82, 2.24) is 5.32 Å². The van der Waals surface area contributed by atoms with Gasteiger partial charge in [0.2, 0.25) is 11.8 Å². The Kier molecular flexibility index (Phi) is 6.03. The topological polar surface area (TPSA) is 126 Å². The minimum Gasteiger partial charge on any atom is -0.373 e. The van der Waals surface area contributed by atoms with Crippen molar-refractivity contribution in [3.8, 4) is 0 Å². The first kappa shape index (κ1) is 24.3. The lowest BCUT2D eigenvalue weighted by Gasteiger charge is -2.34. The summed E-state index contributed by atoms with van der Waals surface area (Å²) in [4.78, 5) is 23.9. The number of fused-ring (bicyclic) bond motifs is 3. The molecule has 2 aliphatic carbocycles. The molecule has 0 spiro atoms. The summed E-state index contributed by atoms with van der Waals surface area (Å²) in [6.07, 6.45) is 2.16. The summed E-state index contributed by atoms with van der Waals surface area (Å²) in [7, 11) is -6.05. The molecule has 2 amide bonds. The van der Waals surface area contributed by atoms with Crippen LogP contribution in [-0.4, -0.2) is 37.2 Å². The summed E-state index contributed by atoms with van der Waals surface area (Å²) >= 11 is 0. The Balaban J connectivity index is 0.000000336. The second-order valence-electron chi connectivity index (χ2n) is 8.74. The molecule has 1 aromatic carbocycles. The van der Waals surface area contributed by atoms with Crippen molar-refractivity contribution in [3.63, 3.8) is 0 Å². The summed E-state index contributed by atoms with van der Waals surface area (Å²) in [5.74, 6) is -8.91. The molecule has 0 radical (unpaired) electrons. The monoisotopic (exact) mass is 503 g/mol. The third kappa shape index (κ3) is 4.10. The highest BCUT2D eigenvalue weighted by Crippen LogP contribution is 2.58. The normalized spacial score (nSPS) is 26.1. The van der Waals surface area contributed by atoms with Crippen LogP contribution < -0.4 is 15.9 Å². The number of carbonyl (C=O) groups is 2. The minimum atomic E-state index is -6.05. The number of alkyl halides is 4. The fourth-order valence-corrected chi connectivity index (χ4v) is 5.86. The van der Waals surface area contributed by atoms with E-state index >= 15 is 0 Å². The Morgan fingerprint density at radius 1 is 1.03 bits per heavy atom. The fraction of sp³-hybridized carbons (Fsp3) is 0.524. The van der Waals surface area contributed by atoms with Gasteiger partial charge in [-0.25, -0.2) is 4.99 Å². The van der Waals surface area contributed by atoms with Crippen molar-refractivity contribution in [2.75, 3.05) is 0 Å². The van der Waals surface area contributed by atoms with Gasteiger partial charge in [-0.2, -0.15) is 26.0 Å². The highest BCUT2D eigenvalue weighted by molar-refractivity contribution is 7.88. The van der Waals surface area contributed by atoms with E-state index in [0.29, 0.717) is 32.1 Å². The van der Waals surface area contributed by atoms with Gasteiger partial charge in [-0.05, 0) is 43.2 Å². The van der Waals surface area contributed by atoms with Gasteiger partial charge in [0.05, 0.1) is 5.36 Å². The SMILES string of the molecule is N=C1N=c2ccccc2=C1OS(=O)(=O)C(F)(F)C(F)(F)C1CC2CCC1C2.O=C1CCC(=O)N1. The molecule has 1 saturated heterocycles. The molecule has 184 valence electrons. The number of nitrogens with zero attached hydrogens (tertiary/aromatic N) is 1. The molecule has 0 aromatic heterocycles. The number of amidine groups is 1. The first-order valence-corrected chi connectivity index (χ1v) is 12.0. The predicted molar refractivity (Wildman–Crippen MR) is 110 cm³/mol. The average molecular weight is 503 g/mol. The number of rotatable bonds is 5. The first-order valence-electron chi connectivity index (χ1n) is 10.6. The predicted octanol–water partition coefficient (Wildman–Crippen LogP) is 1.84. The van der Waals surface area contributed by atoms with E-state index in [9.17, 15) is 35.6 Å². The molecule has 5 rings (SSSR count). The van der Waals surface area contributed by atoms with Gasteiger partial charge < -0.3 is 4.18 Å². The number of imide groups is 1. The Bertz CT molecular complexity index is 1270. The van der Waals surface area contributed by atoms with E-state index in [2.05, 4.69) is 14.5 Å². The van der Waals surface area contributed by atoms with E-state index in [1.807, 2.05) is 0 Å². The van der Waals surface area contributed by atoms with Crippen LogP contribution in [0.3, 0.4) is 0 Å². The molecule has 3 unspecified atom stereocenters. The summed E-state index contributed by atoms with van der Waals surface area (Å²) in [5.41, 5.74) is 0. The zero-order valence-corrected chi connectivity index (χ0v) is 18.5. The van der Waals surface area contributed by atoms with Crippen LogP contribution in [0.15, 0.2) is 29.3 Å². The van der Waals surface area contributed by atoms with Gasteiger partial charge >= 0.3 is 21.3 Å². The number of amides is 2. The number of hydrogen-bond donors (Lipinski definition) is 2. The molecule has 2 aliphatic heterocycles. The third-order valence-electron chi connectivity index (χ3n) is 6.55. The molecule has 13 heteroatoms. The van der Waals surface area contributed by atoms with Gasteiger partial charge in [0.1, 0.15) is 0 Å². The van der Waals surface area contributed by atoms with Gasteiger partial charge in [-0.3, -0.25) is 20.3 Å². The Morgan fingerprint density at radius 2 is 1.68 bits per heavy atom. The zero-order valence-electron chi connectivity index (χ0n) is 17.7. The van der Waals surface area contributed by atoms with Crippen molar-refractivity contribution in [2.45, 2.75) is 49.7 Å². The maximum Gasteiger partial charge on any atom is 0.442 e. The van der Waals surface area contributed by atoms with Gasteiger partial charge in [0.15, 0.2) is 11.6 Å². The molecule has 34 heavy (non-hydrogen) atoms. The second kappa shape index (κ2) is 8.43. The molecule has 2 heterocycles. The van der Waals surface area contributed by atoms with Gasteiger partial charge in [-0.1, -0.05) is 18.6 Å². The van der Waals surface area contributed by atoms with Crippen LogP contribution in [0.5, 0.6) is 0 Å². The second-order valence-corrected chi connectivity index (χ2v) is 10.3. The highest BCUT2D eigenvalue weighted by Gasteiger charge is 2.72. The minimum absolute atomic E-state index is 0.00915. The number of benzene rings is 1. The molecule has 2 N–H and O–H groups in total. The van der Waals surface area contributed by atoms with Crippen molar-refractivity contribution in [1.29, 1.82) is 5.41 Å². The molecule has 3 fully saturated rings. The van der Waals surface area contributed by atoms with Crippen molar-refractivity contribution >= 4 is 33.5 Å². The largest absolute Gasteiger partial charge is 0.442 e. The van der Waals surface area contributed by atoms with Gasteiger partial charge in [0.25, 0.3) is 0 Å².